The smallest absolute Gasteiger partial charge is 0.239 e. The molecule has 3 atom stereocenters. The van der Waals surface area contributed by atoms with Gasteiger partial charge in [0.15, 0.2) is 0 Å². The highest BCUT2D eigenvalue weighted by atomic mass is 16.2. The molecule has 5 nitrogen and oxygen atoms in total. The monoisotopic (exact) mass is 318 g/mol. The first-order valence-corrected chi connectivity index (χ1v) is 8.40. The fourth-order valence-corrected chi connectivity index (χ4v) is 3.20. The SMILES string of the molecule is CC(N)C(=O)N1[C@H](C)CN(c2ccc(C(C)(C)C)cn2)C[C@@H]1C. The summed E-state index contributed by atoms with van der Waals surface area (Å²) < 4.78 is 0. The van der Waals surface area contributed by atoms with E-state index in [9.17, 15) is 4.79 Å². The van der Waals surface area contributed by atoms with E-state index in [1.165, 1.54) is 5.56 Å². The van der Waals surface area contributed by atoms with Crippen LogP contribution in [-0.4, -0.2) is 47.0 Å². The van der Waals surface area contributed by atoms with Crippen LogP contribution in [-0.2, 0) is 10.2 Å². The fraction of sp³-hybridized carbons (Fsp3) is 0.667. The van der Waals surface area contributed by atoms with Gasteiger partial charge >= 0.3 is 0 Å². The van der Waals surface area contributed by atoms with Crippen molar-refractivity contribution >= 4 is 11.7 Å². The largest absolute Gasteiger partial charge is 0.353 e. The number of amides is 1. The third-order valence-electron chi connectivity index (χ3n) is 4.50. The molecule has 1 aliphatic heterocycles. The zero-order valence-corrected chi connectivity index (χ0v) is 15.2. The number of nitrogens with two attached hydrogens (primary N) is 1. The van der Waals surface area contributed by atoms with Crippen molar-refractivity contribution in [1.29, 1.82) is 0 Å². The number of nitrogens with zero attached hydrogens (tertiary/aromatic N) is 3. The summed E-state index contributed by atoms with van der Waals surface area (Å²) in [4.78, 5) is 21.1. The van der Waals surface area contributed by atoms with Gasteiger partial charge in [-0.05, 0) is 37.8 Å². The van der Waals surface area contributed by atoms with Crippen molar-refractivity contribution in [3.8, 4) is 0 Å². The molecule has 5 heteroatoms. The summed E-state index contributed by atoms with van der Waals surface area (Å²) in [6, 6.07) is 4.04. The highest BCUT2D eigenvalue weighted by Gasteiger charge is 2.34. The van der Waals surface area contributed by atoms with Crippen molar-refractivity contribution in [2.75, 3.05) is 18.0 Å². The van der Waals surface area contributed by atoms with Gasteiger partial charge in [0, 0.05) is 31.4 Å². The maximum atomic E-state index is 12.3. The second kappa shape index (κ2) is 6.48. The zero-order chi connectivity index (χ0) is 17.4. The highest BCUT2D eigenvalue weighted by Crippen LogP contribution is 2.25. The van der Waals surface area contributed by atoms with Crippen LogP contribution in [0.3, 0.4) is 0 Å². The lowest BCUT2D eigenvalue weighted by atomic mass is 9.88. The number of anilines is 1. The molecule has 1 aromatic heterocycles. The predicted molar refractivity (Wildman–Crippen MR) is 94.6 cm³/mol. The summed E-state index contributed by atoms with van der Waals surface area (Å²) in [6.07, 6.45) is 1.96. The van der Waals surface area contributed by atoms with Gasteiger partial charge in [-0.1, -0.05) is 26.8 Å². The summed E-state index contributed by atoms with van der Waals surface area (Å²) >= 11 is 0. The summed E-state index contributed by atoms with van der Waals surface area (Å²) in [7, 11) is 0. The third kappa shape index (κ3) is 3.83. The van der Waals surface area contributed by atoms with Crippen LogP contribution in [0.2, 0.25) is 0 Å². The molecule has 128 valence electrons. The fourth-order valence-electron chi connectivity index (χ4n) is 3.20. The number of hydrogen-bond acceptors (Lipinski definition) is 4. The molecule has 2 rings (SSSR count). The van der Waals surface area contributed by atoms with Crippen molar-refractivity contribution in [2.24, 2.45) is 5.73 Å². The van der Waals surface area contributed by atoms with E-state index >= 15 is 0 Å². The van der Waals surface area contributed by atoms with Gasteiger partial charge in [-0.25, -0.2) is 4.98 Å². The molecular weight excluding hydrogens is 288 g/mol. The van der Waals surface area contributed by atoms with E-state index < -0.39 is 6.04 Å². The van der Waals surface area contributed by atoms with E-state index in [1.807, 2.05) is 11.1 Å². The quantitative estimate of drug-likeness (QED) is 0.907. The summed E-state index contributed by atoms with van der Waals surface area (Å²) in [5.41, 5.74) is 7.11. The van der Waals surface area contributed by atoms with Gasteiger partial charge in [-0.15, -0.1) is 0 Å². The van der Waals surface area contributed by atoms with E-state index in [4.69, 9.17) is 5.73 Å². The first-order chi connectivity index (χ1) is 10.6. The number of rotatable bonds is 2. The normalized spacial score (nSPS) is 23.8. The minimum absolute atomic E-state index is 0.0284. The molecule has 0 aromatic carbocycles. The molecule has 0 radical (unpaired) electrons. The summed E-state index contributed by atoms with van der Waals surface area (Å²) in [6.45, 7) is 14.0. The summed E-state index contributed by atoms with van der Waals surface area (Å²) in [5.74, 6) is 1.00. The molecule has 2 heterocycles. The van der Waals surface area contributed by atoms with Crippen LogP contribution in [0.1, 0.15) is 47.1 Å². The Hall–Kier alpha value is -1.62. The van der Waals surface area contributed by atoms with Gasteiger partial charge in [0.2, 0.25) is 5.91 Å². The number of carbonyl (C=O) groups is 1. The van der Waals surface area contributed by atoms with Crippen molar-refractivity contribution in [3.05, 3.63) is 23.9 Å². The van der Waals surface area contributed by atoms with E-state index in [0.29, 0.717) is 0 Å². The molecule has 0 aliphatic carbocycles. The number of pyridine rings is 1. The van der Waals surface area contributed by atoms with Crippen LogP contribution < -0.4 is 10.6 Å². The average Bonchev–Trinajstić information content (AvgIpc) is 2.45. The van der Waals surface area contributed by atoms with Gasteiger partial charge in [0.05, 0.1) is 6.04 Å². The topological polar surface area (TPSA) is 62.5 Å². The lowest BCUT2D eigenvalue weighted by Crippen LogP contribution is -2.61. The van der Waals surface area contributed by atoms with Crippen LogP contribution in [0.15, 0.2) is 18.3 Å². The van der Waals surface area contributed by atoms with E-state index in [2.05, 4.69) is 56.6 Å². The maximum Gasteiger partial charge on any atom is 0.239 e. The van der Waals surface area contributed by atoms with Gasteiger partial charge in [-0.2, -0.15) is 0 Å². The number of piperazine rings is 1. The lowest BCUT2D eigenvalue weighted by Gasteiger charge is -2.45. The van der Waals surface area contributed by atoms with E-state index in [-0.39, 0.29) is 23.4 Å². The molecule has 1 aromatic rings. The molecular formula is C18H30N4O. The number of aromatic nitrogens is 1. The first-order valence-electron chi connectivity index (χ1n) is 8.40. The van der Waals surface area contributed by atoms with Crippen LogP contribution in [0.5, 0.6) is 0 Å². The highest BCUT2D eigenvalue weighted by molar-refractivity contribution is 5.82. The zero-order valence-electron chi connectivity index (χ0n) is 15.2. The molecule has 1 unspecified atom stereocenters. The standard InChI is InChI=1S/C18H30N4O/c1-12-10-21(11-13(2)22(12)17(23)14(3)19)16-8-7-15(9-20-16)18(4,5)6/h7-9,12-14H,10-11,19H2,1-6H3/t12-,13+,14?. The molecule has 0 saturated carbocycles. The van der Waals surface area contributed by atoms with E-state index in [1.54, 1.807) is 6.92 Å². The Balaban J connectivity index is 2.14. The van der Waals surface area contributed by atoms with Crippen molar-refractivity contribution in [2.45, 2.75) is 65.1 Å². The van der Waals surface area contributed by atoms with Crippen LogP contribution >= 0.6 is 0 Å². The molecule has 1 aliphatic rings. The molecule has 1 saturated heterocycles. The Kier molecular flexibility index (Phi) is 4.99. The summed E-state index contributed by atoms with van der Waals surface area (Å²) in [5, 5.41) is 0. The Bertz CT molecular complexity index is 535. The van der Waals surface area contributed by atoms with Gasteiger partial charge in [0.1, 0.15) is 5.82 Å². The number of carbonyl (C=O) groups excluding carboxylic acids is 1. The lowest BCUT2D eigenvalue weighted by molar-refractivity contribution is -0.137. The third-order valence-corrected chi connectivity index (χ3v) is 4.50. The second-order valence-corrected chi connectivity index (χ2v) is 7.79. The molecule has 23 heavy (non-hydrogen) atoms. The Morgan fingerprint density at radius 1 is 1.26 bits per heavy atom. The molecule has 1 amide bonds. The first kappa shape index (κ1) is 17.7. The van der Waals surface area contributed by atoms with Gasteiger partial charge < -0.3 is 15.5 Å². The van der Waals surface area contributed by atoms with E-state index in [0.717, 1.165) is 18.9 Å². The number of hydrogen-bond donors (Lipinski definition) is 1. The Labute approximate surface area is 139 Å². The van der Waals surface area contributed by atoms with Crippen LogP contribution in [0.4, 0.5) is 5.82 Å². The molecule has 2 N–H and O–H groups in total. The van der Waals surface area contributed by atoms with Crippen molar-refractivity contribution < 1.29 is 4.79 Å². The minimum Gasteiger partial charge on any atom is -0.353 e. The Morgan fingerprint density at radius 2 is 1.83 bits per heavy atom. The molecule has 0 bridgehead atoms. The second-order valence-electron chi connectivity index (χ2n) is 7.79. The maximum absolute atomic E-state index is 12.3. The Morgan fingerprint density at radius 3 is 2.22 bits per heavy atom. The molecule has 0 spiro atoms. The van der Waals surface area contributed by atoms with Crippen LogP contribution in [0, 0.1) is 0 Å². The van der Waals surface area contributed by atoms with Gasteiger partial charge in [0.25, 0.3) is 0 Å². The van der Waals surface area contributed by atoms with Crippen LogP contribution in [0.25, 0.3) is 0 Å². The minimum atomic E-state index is -0.448. The average molecular weight is 318 g/mol. The van der Waals surface area contributed by atoms with Crippen molar-refractivity contribution in [3.63, 3.8) is 0 Å². The van der Waals surface area contributed by atoms with Gasteiger partial charge in [-0.3, -0.25) is 4.79 Å². The van der Waals surface area contributed by atoms with Crippen molar-refractivity contribution in [1.82, 2.24) is 9.88 Å². The predicted octanol–water partition coefficient (Wildman–Crippen LogP) is 2.15. The molecule has 1 fully saturated rings.